The molecule has 0 aliphatic rings. The van der Waals surface area contributed by atoms with E-state index in [1.807, 2.05) is 13.0 Å². The van der Waals surface area contributed by atoms with E-state index in [1.54, 1.807) is 30.5 Å². The van der Waals surface area contributed by atoms with Crippen LogP contribution in [-0.4, -0.2) is 35.8 Å². The summed E-state index contributed by atoms with van der Waals surface area (Å²) >= 11 is 0. The second-order valence-corrected chi connectivity index (χ2v) is 7.74. The van der Waals surface area contributed by atoms with Crippen LogP contribution in [0, 0.1) is 6.92 Å². The molecule has 0 radical (unpaired) electrons. The first-order chi connectivity index (χ1) is 17.3. The van der Waals surface area contributed by atoms with Crippen LogP contribution in [0.5, 0.6) is 0 Å². The van der Waals surface area contributed by atoms with E-state index in [0.29, 0.717) is 39.6 Å². The topological polar surface area (TPSA) is 121 Å². The molecule has 1 aromatic carbocycles. The van der Waals surface area contributed by atoms with Gasteiger partial charge in [0.15, 0.2) is 5.65 Å². The monoisotopic (exact) mass is 490 g/mol. The smallest absolute Gasteiger partial charge is 0.339 e. The Morgan fingerprint density at radius 3 is 2.69 bits per heavy atom. The zero-order chi connectivity index (χ0) is 25.3. The van der Waals surface area contributed by atoms with Gasteiger partial charge in [0.1, 0.15) is 34.7 Å². The fraction of sp³-hybridized carbons (Fsp3) is 0.0833. The zero-order valence-corrected chi connectivity index (χ0v) is 18.6. The molecule has 0 bridgehead atoms. The number of alkyl halides is 3. The van der Waals surface area contributed by atoms with Gasteiger partial charge in [-0.2, -0.15) is 13.2 Å². The third kappa shape index (κ3) is 4.56. The number of fused-ring (bicyclic) bond motifs is 1. The minimum atomic E-state index is -4.65. The fourth-order valence-electron chi connectivity index (χ4n) is 3.53. The van der Waals surface area contributed by atoms with Gasteiger partial charge in [-0.25, -0.2) is 24.9 Å². The highest BCUT2D eigenvalue weighted by molar-refractivity contribution is 6.03. The van der Waals surface area contributed by atoms with Crippen LogP contribution < -0.4 is 10.6 Å². The maximum atomic E-state index is 13.0. The molecule has 3 N–H and O–H groups in total. The molecule has 0 saturated carbocycles. The molecule has 0 unspecified atom stereocenters. The molecule has 0 aliphatic heterocycles. The predicted octanol–water partition coefficient (Wildman–Crippen LogP) is 5.13. The van der Waals surface area contributed by atoms with Crippen LogP contribution in [0.25, 0.3) is 22.4 Å². The predicted molar refractivity (Wildman–Crippen MR) is 127 cm³/mol. The van der Waals surface area contributed by atoms with Crippen molar-refractivity contribution in [1.82, 2.24) is 29.9 Å². The van der Waals surface area contributed by atoms with Crippen molar-refractivity contribution >= 4 is 34.3 Å². The number of halogens is 3. The molecule has 4 heterocycles. The Balaban J connectivity index is 1.43. The first-order valence-corrected chi connectivity index (χ1v) is 10.6. The van der Waals surface area contributed by atoms with E-state index in [9.17, 15) is 18.0 Å². The number of hydrogen-bond donors (Lipinski definition) is 3. The number of nitrogens with zero attached hydrogens (tertiary/aromatic N) is 5. The van der Waals surface area contributed by atoms with Gasteiger partial charge in [0, 0.05) is 23.1 Å². The number of imidazole rings is 1. The summed E-state index contributed by atoms with van der Waals surface area (Å²) in [5, 5.41) is 5.85. The number of pyridine rings is 2. The van der Waals surface area contributed by atoms with Gasteiger partial charge in [-0.3, -0.25) is 4.79 Å². The first-order valence-electron chi connectivity index (χ1n) is 10.6. The number of rotatable bonds is 5. The molecule has 0 atom stereocenters. The van der Waals surface area contributed by atoms with Crippen LogP contribution in [0.1, 0.15) is 21.7 Å². The summed E-state index contributed by atoms with van der Waals surface area (Å²) in [7, 11) is 0. The molecule has 5 aromatic rings. The van der Waals surface area contributed by atoms with Crippen LogP contribution in [0.4, 0.5) is 30.4 Å². The number of aromatic nitrogens is 6. The second kappa shape index (κ2) is 9.06. The largest absolute Gasteiger partial charge is 0.433 e. The lowest BCUT2D eigenvalue weighted by molar-refractivity contribution is -0.141. The van der Waals surface area contributed by atoms with Crippen molar-refractivity contribution in [2.24, 2.45) is 0 Å². The lowest BCUT2D eigenvalue weighted by Gasteiger charge is -2.14. The van der Waals surface area contributed by atoms with E-state index in [4.69, 9.17) is 0 Å². The van der Waals surface area contributed by atoms with Crippen LogP contribution in [0.3, 0.4) is 0 Å². The molecule has 0 aliphatic carbocycles. The van der Waals surface area contributed by atoms with Crippen molar-refractivity contribution in [3.05, 3.63) is 84.3 Å². The maximum Gasteiger partial charge on any atom is 0.433 e. The maximum absolute atomic E-state index is 13.0. The number of amides is 1. The highest BCUT2D eigenvalue weighted by Gasteiger charge is 2.33. The average molecular weight is 490 g/mol. The van der Waals surface area contributed by atoms with Crippen molar-refractivity contribution in [1.29, 1.82) is 0 Å². The average Bonchev–Trinajstić information content (AvgIpc) is 3.35. The van der Waals surface area contributed by atoms with E-state index in [1.165, 1.54) is 18.7 Å². The Labute approximate surface area is 201 Å². The van der Waals surface area contributed by atoms with Crippen molar-refractivity contribution in [2.45, 2.75) is 13.1 Å². The Kier molecular flexibility index (Phi) is 5.76. The highest BCUT2D eigenvalue weighted by Crippen LogP contribution is 2.32. The standard InChI is InChI=1S/C24H17F3N8O/c1-13-7-8-14(33-23(36)16-5-2-6-18(34-16)24(25,26)27)10-17(13)35-21-15(4-3-9-28-21)19-20-22(31-11-29-19)32-12-30-20/h2-12H,1H3,(H,28,35)(H,33,36)(H,29,30,31,32). The molecule has 4 aromatic heterocycles. The van der Waals surface area contributed by atoms with Crippen molar-refractivity contribution in [3.63, 3.8) is 0 Å². The molecular formula is C24H17F3N8O. The molecule has 12 heteroatoms. The van der Waals surface area contributed by atoms with Gasteiger partial charge < -0.3 is 15.6 Å². The SMILES string of the molecule is Cc1ccc(NC(=O)c2cccc(C(F)(F)F)n2)cc1Nc1ncccc1-c1ncnc2[nH]cnc12. The van der Waals surface area contributed by atoms with Gasteiger partial charge in [-0.1, -0.05) is 12.1 Å². The third-order valence-corrected chi connectivity index (χ3v) is 5.30. The molecule has 36 heavy (non-hydrogen) atoms. The van der Waals surface area contributed by atoms with E-state index in [2.05, 4.69) is 40.5 Å². The number of aromatic amines is 1. The molecule has 9 nitrogen and oxygen atoms in total. The van der Waals surface area contributed by atoms with Gasteiger partial charge in [0.05, 0.1) is 6.33 Å². The molecule has 1 amide bonds. The van der Waals surface area contributed by atoms with Crippen molar-refractivity contribution in [3.8, 4) is 11.3 Å². The molecule has 0 fully saturated rings. The molecular weight excluding hydrogens is 473 g/mol. The molecule has 5 rings (SSSR count). The molecule has 0 saturated heterocycles. The van der Waals surface area contributed by atoms with E-state index in [0.717, 1.165) is 17.7 Å². The second-order valence-electron chi connectivity index (χ2n) is 7.74. The minimum absolute atomic E-state index is 0.348. The summed E-state index contributed by atoms with van der Waals surface area (Å²) in [6.07, 6.45) is -0.0739. The summed E-state index contributed by atoms with van der Waals surface area (Å²) in [6.45, 7) is 1.86. The summed E-state index contributed by atoms with van der Waals surface area (Å²) < 4.78 is 38.9. The number of nitrogens with one attached hydrogen (secondary N) is 3. The minimum Gasteiger partial charge on any atom is -0.339 e. The number of aryl methyl sites for hydroxylation is 1. The van der Waals surface area contributed by atoms with Crippen LogP contribution in [0.2, 0.25) is 0 Å². The molecule has 0 spiro atoms. The van der Waals surface area contributed by atoms with Gasteiger partial charge in [0.2, 0.25) is 0 Å². The number of hydrogen-bond acceptors (Lipinski definition) is 7. The van der Waals surface area contributed by atoms with Crippen LogP contribution in [0.15, 0.2) is 67.4 Å². The number of benzene rings is 1. The van der Waals surface area contributed by atoms with Crippen molar-refractivity contribution in [2.75, 3.05) is 10.6 Å². The Morgan fingerprint density at radius 1 is 1.00 bits per heavy atom. The number of carbonyl (C=O) groups is 1. The molecule has 180 valence electrons. The Hall–Kier alpha value is -4.87. The van der Waals surface area contributed by atoms with E-state index >= 15 is 0 Å². The fourth-order valence-corrected chi connectivity index (χ4v) is 3.53. The third-order valence-electron chi connectivity index (χ3n) is 5.30. The summed E-state index contributed by atoms with van der Waals surface area (Å²) in [5.74, 6) is -0.275. The normalized spacial score (nSPS) is 11.4. The van der Waals surface area contributed by atoms with Gasteiger partial charge in [0.25, 0.3) is 5.91 Å². The summed E-state index contributed by atoms with van der Waals surface area (Å²) in [4.78, 5) is 36.2. The lowest BCUT2D eigenvalue weighted by atomic mass is 10.1. The van der Waals surface area contributed by atoms with Crippen LogP contribution >= 0.6 is 0 Å². The van der Waals surface area contributed by atoms with E-state index < -0.39 is 17.8 Å². The van der Waals surface area contributed by atoms with Gasteiger partial charge in [-0.05, 0) is 48.9 Å². The zero-order valence-electron chi connectivity index (χ0n) is 18.6. The Morgan fingerprint density at radius 2 is 1.86 bits per heavy atom. The number of anilines is 3. The van der Waals surface area contributed by atoms with E-state index in [-0.39, 0.29) is 5.69 Å². The van der Waals surface area contributed by atoms with Crippen LogP contribution in [-0.2, 0) is 6.18 Å². The van der Waals surface area contributed by atoms with Gasteiger partial charge >= 0.3 is 6.18 Å². The van der Waals surface area contributed by atoms with Gasteiger partial charge in [-0.15, -0.1) is 0 Å². The summed E-state index contributed by atoms with van der Waals surface area (Å²) in [5.41, 5.74) is 2.76. The highest BCUT2D eigenvalue weighted by atomic mass is 19.4. The Bertz CT molecular complexity index is 1580. The first kappa shape index (κ1) is 22.9. The van der Waals surface area contributed by atoms with Crippen molar-refractivity contribution < 1.29 is 18.0 Å². The lowest BCUT2D eigenvalue weighted by Crippen LogP contribution is -2.17. The number of H-pyrrole nitrogens is 1. The quantitative estimate of drug-likeness (QED) is 0.312. The summed E-state index contributed by atoms with van der Waals surface area (Å²) in [6, 6.07) is 11.8. The number of carbonyl (C=O) groups excluding carboxylic acids is 1.